The van der Waals surface area contributed by atoms with Crippen molar-refractivity contribution in [3.63, 3.8) is 0 Å². The zero-order valence-corrected chi connectivity index (χ0v) is 13.8. The first-order valence-corrected chi connectivity index (χ1v) is 8.91. The van der Waals surface area contributed by atoms with E-state index in [1.54, 1.807) is 0 Å². The van der Waals surface area contributed by atoms with Gasteiger partial charge in [0.2, 0.25) is 0 Å². The standard InChI is InChI=1S/C17H21NO3S/c1-17(2)7-11-4-3-5-14(16(11)21-17)20-9-15(19)18-8-13-6-12(18)10-22-13/h3-5,12-13H,6-10H2,1-2H3. The van der Waals surface area contributed by atoms with Gasteiger partial charge in [0.15, 0.2) is 18.1 Å². The lowest BCUT2D eigenvalue weighted by Crippen LogP contribution is -2.41. The maximum atomic E-state index is 12.4. The molecular formula is C17H21NO3S. The van der Waals surface area contributed by atoms with Crippen LogP contribution in [0.15, 0.2) is 18.2 Å². The van der Waals surface area contributed by atoms with Crippen LogP contribution in [0.25, 0.3) is 0 Å². The number of para-hydroxylation sites is 1. The number of amides is 1. The number of fused-ring (bicyclic) bond motifs is 3. The lowest BCUT2D eigenvalue weighted by atomic mass is 10.0. The summed E-state index contributed by atoms with van der Waals surface area (Å²) in [6.45, 7) is 5.13. The van der Waals surface area contributed by atoms with E-state index in [-0.39, 0.29) is 18.1 Å². The first-order valence-electron chi connectivity index (χ1n) is 7.87. The molecule has 4 rings (SSSR count). The number of rotatable bonds is 3. The molecule has 2 atom stereocenters. The molecule has 0 spiro atoms. The van der Waals surface area contributed by atoms with E-state index in [1.807, 2.05) is 28.8 Å². The maximum absolute atomic E-state index is 12.4. The Morgan fingerprint density at radius 1 is 1.50 bits per heavy atom. The molecule has 118 valence electrons. The molecule has 5 heteroatoms. The van der Waals surface area contributed by atoms with Crippen molar-refractivity contribution in [3.05, 3.63) is 23.8 Å². The topological polar surface area (TPSA) is 38.8 Å². The van der Waals surface area contributed by atoms with Crippen LogP contribution >= 0.6 is 11.8 Å². The van der Waals surface area contributed by atoms with E-state index in [4.69, 9.17) is 9.47 Å². The fraction of sp³-hybridized carbons (Fsp3) is 0.588. The minimum Gasteiger partial charge on any atom is -0.483 e. The number of hydrogen-bond acceptors (Lipinski definition) is 4. The monoisotopic (exact) mass is 319 g/mol. The molecule has 2 saturated heterocycles. The molecule has 0 N–H and O–H groups in total. The summed E-state index contributed by atoms with van der Waals surface area (Å²) in [5, 5.41) is 0.638. The Morgan fingerprint density at radius 3 is 3.09 bits per heavy atom. The zero-order valence-electron chi connectivity index (χ0n) is 13.0. The number of thioether (sulfide) groups is 1. The van der Waals surface area contributed by atoms with Gasteiger partial charge in [0, 0.05) is 35.6 Å². The van der Waals surface area contributed by atoms with Crippen LogP contribution in [0, 0.1) is 0 Å². The molecule has 3 heterocycles. The SMILES string of the molecule is CC1(C)Cc2cccc(OCC(=O)N3CC4CC3CS4)c2O1. The van der Waals surface area contributed by atoms with Crippen LogP contribution in [-0.2, 0) is 11.2 Å². The van der Waals surface area contributed by atoms with E-state index in [2.05, 4.69) is 19.9 Å². The number of likely N-dealkylation sites (tertiary alicyclic amines) is 1. The van der Waals surface area contributed by atoms with Crippen LogP contribution < -0.4 is 9.47 Å². The Kier molecular flexibility index (Phi) is 3.29. The summed E-state index contributed by atoms with van der Waals surface area (Å²) in [5.74, 6) is 2.67. The summed E-state index contributed by atoms with van der Waals surface area (Å²) in [4.78, 5) is 14.4. The second kappa shape index (κ2) is 5.08. The number of hydrogen-bond donors (Lipinski definition) is 0. The summed E-state index contributed by atoms with van der Waals surface area (Å²) in [7, 11) is 0. The van der Waals surface area contributed by atoms with Gasteiger partial charge >= 0.3 is 0 Å². The van der Waals surface area contributed by atoms with Crippen LogP contribution in [0.1, 0.15) is 25.8 Å². The second-order valence-corrected chi connectivity index (χ2v) is 8.30. The Morgan fingerprint density at radius 2 is 2.36 bits per heavy atom. The maximum Gasteiger partial charge on any atom is 0.260 e. The van der Waals surface area contributed by atoms with E-state index in [0.717, 1.165) is 36.5 Å². The predicted octanol–water partition coefficient (Wildman–Crippen LogP) is 2.50. The number of carbonyl (C=O) groups is 1. The fourth-order valence-corrected chi connectivity index (χ4v) is 5.06. The minimum absolute atomic E-state index is 0.0997. The van der Waals surface area contributed by atoms with E-state index < -0.39 is 0 Å². The van der Waals surface area contributed by atoms with Crippen molar-refractivity contribution < 1.29 is 14.3 Å². The first-order chi connectivity index (χ1) is 10.5. The van der Waals surface area contributed by atoms with Crippen molar-refractivity contribution in [3.8, 4) is 11.5 Å². The van der Waals surface area contributed by atoms with Gasteiger partial charge in [-0.1, -0.05) is 12.1 Å². The molecule has 3 aliphatic rings. The third-order valence-corrected chi connectivity index (χ3v) is 6.02. The fourth-order valence-electron chi connectivity index (χ4n) is 3.63. The van der Waals surface area contributed by atoms with Gasteiger partial charge in [-0.2, -0.15) is 11.8 Å². The lowest BCUT2D eigenvalue weighted by Gasteiger charge is -2.26. The highest BCUT2D eigenvalue weighted by atomic mass is 32.2. The van der Waals surface area contributed by atoms with Gasteiger partial charge in [-0.3, -0.25) is 4.79 Å². The molecular weight excluding hydrogens is 298 g/mol. The van der Waals surface area contributed by atoms with Crippen LogP contribution in [0.5, 0.6) is 11.5 Å². The normalized spacial score (nSPS) is 27.6. The molecule has 1 aromatic rings. The van der Waals surface area contributed by atoms with Crippen LogP contribution in [0.2, 0.25) is 0 Å². The van der Waals surface area contributed by atoms with Crippen LogP contribution in [-0.4, -0.2) is 46.6 Å². The Bertz CT molecular complexity index is 616. The minimum atomic E-state index is -0.197. The molecule has 0 aliphatic carbocycles. The molecule has 2 unspecified atom stereocenters. The zero-order chi connectivity index (χ0) is 15.3. The highest BCUT2D eigenvalue weighted by Crippen LogP contribution is 2.42. The van der Waals surface area contributed by atoms with Gasteiger partial charge in [0.1, 0.15) is 5.60 Å². The number of nitrogens with zero attached hydrogens (tertiary/aromatic N) is 1. The molecule has 2 fully saturated rings. The summed E-state index contributed by atoms with van der Waals surface area (Å²) >= 11 is 1.99. The summed E-state index contributed by atoms with van der Waals surface area (Å²) in [6.07, 6.45) is 2.02. The lowest BCUT2D eigenvalue weighted by molar-refractivity contribution is -0.133. The Hall–Kier alpha value is -1.36. The van der Waals surface area contributed by atoms with Crippen molar-refractivity contribution in [2.75, 3.05) is 18.9 Å². The van der Waals surface area contributed by atoms with Crippen molar-refractivity contribution in [1.82, 2.24) is 4.90 Å². The molecule has 0 saturated carbocycles. The van der Waals surface area contributed by atoms with Crippen LogP contribution in [0.4, 0.5) is 0 Å². The Balaban J connectivity index is 1.43. The van der Waals surface area contributed by atoms with Crippen molar-refractivity contribution in [2.24, 2.45) is 0 Å². The molecule has 3 aliphatic heterocycles. The molecule has 1 aromatic carbocycles. The molecule has 22 heavy (non-hydrogen) atoms. The molecule has 4 nitrogen and oxygen atoms in total. The van der Waals surface area contributed by atoms with Crippen molar-refractivity contribution >= 4 is 17.7 Å². The number of carbonyl (C=O) groups excluding carboxylic acids is 1. The van der Waals surface area contributed by atoms with E-state index in [0.29, 0.717) is 17.0 Å². The van der Waals surface area contributed by atoms with Gasteiger partial charge in [-0.25, -0.2) is 0 Å². The third kappa shape index (κ3) is 2.45. The van der Waals surface area contributed by atoms with Crippen molar-refractivity contribution in [2.45, 2.75) is 43.6 Å². The van der Waals surface area contributed by atoms with Gasteiger partial charge in [-0.05, 0) is 26.3 Å². The van der Waals surface area contributed by atoms with Crippen LogP contribution in [0.3, 0.4) is 0 Å². The molecule has 0 aromatic heterocycles. The molecule has 1 amide bonds. The van der Waals surface area contributed by atoms with Gasteiger partial charge in [0.05, 0.1) is 0 Å². The molecule has 2 bridgehead atoms. The second-order valence-electron chi connectivity index (χ2n) is 6.96. The summed E-state index contributed by atoms with van der Waals surface area (Å²) in [6, 6.07) is 6.34. The average Bonchev–Trinajstić information content (AvgIpc) is 3.16. The molecule has 0 radical (unpaired) electrons. The van der Waals surface area contributed by atoms with E-state index in [9.17, 15) is 4.79 Å². The Labute approximate surface area is 135 Å². The van der Waals surface area contributed by atoms with Gasteiger partial charge in [-0.15, -0.1) is 0 Å². The predicted molar refractivity (Wildman–Crippen MR) is 86.7 cm³/mol. The average molecular weight is 319 g/mol. The highest BCUT2D eigenvalue weighted by molar-refractivity contribution is 8.00. The number of ether oxygens (including phenoxy) is 2. The van der Waals surface area contributed by atoms with E-state index >= 15 is 0 Å². The van der Waals surface area contributed by atoms with E-state index in [1.165, 1.54) is 0 Å². The first kappa shape index (κ1) is 14.2. The number of benzene rings is 1. The third-order valence-electron chi connectivity index (χ3n) is 4.63. The van der Waals surface area contributed by atoms with Crippen molar-refractivity contribution in [1.29, 1.82) is 0 Å². The largest absolute Gasteiger partial charge is 0.483 e. The summed E-state index contributed by atoms with van der Waals surface area (Å²) in [5.41, 5.74) is 0.962. The van der Waals surface area contributed by atoms with Gasteiger partial charge < -0.3 is 14.4 Å². The highest BCUT2D eigenvalue weighted by Gasteiger charge is 2.41. The summed E-state index contributed by atoms with van der Waals surface area (Å²) < 4.78 is 11.8. The van der Waals surface area contributed by atoms with Gasteiger partial charge in [0.25, 0.3) is 5.91 Å². The smallest absolute Gasteiger partial charge is 0.260 e. The quantitative estimate of drug-likeness (QED) is 0.858.